The van der Waals surface area contributed by atoms with Gasteiger partial charge in [0.15, 0.2) is 11.6 Å². The van der Waals surface area contributed by atoms with Crippen LogP contribution >= 0.6 is 0 Å². The van der Waals surface area contributed by atoms with Crippen molar-refractivity contribution in [2.45, 2.75) is 0 Å². The van der Waals surface area contributed by atoms with Crippen LogP contribution in [-0.4, -0.2) is 28.4 Å². The van der Waals surface area contributed by atoms with E-state index in [9.17, 15) is 26.4 Å². The summed E-state index contributed by atoms with van der Waals surface area (Å²) in [5, 5.41) is 0. The van der Waals surface area contributed by atoms with Crippen molar-refractivity contribution in [3.8, 4) is 11.5 Å². The Morgan fingerprint density at radius 1 is 0.600 bits per heavy atom. The van der Waals surface area contributed by atoms with E-state index < -0.39 is 43.9 Å². The fraction of sp³-hybridized carbons (Fsp3) is 0. The molecule has 9 nitrogen and oxygen atoms in total. The van der Waals surface area contributed by atoms with Crippen molar-refractivity contribution < 1.29 is 38.4 Å². The second-order valence-electron chi connectivity index (χ2n) is 5.12. The van der Waals surface area contributed by atoms with E-state index in [1.807, 2.05) is 0 Å². The van der Waals surface area contributed by atoms with Gasteiger partial charge in [0.25, 0.3) is 0 Å². The van der Waals surface area contributed by atoms with Gasteiger partial charge in [-0.15, -0.1) is 0 Å². The van der Waals surface area contributed by atoms with Gasteiger partial charge in [-0.2, -0.15) is 16.8 Å². The van der Waals surface area contributed by atoms with Gasteiger partial charge in [0.05, 0.1) is 0 Å². The average molecular weight is 382 g/mol. The number of hydrogen-bond donors (Lipinski definition) is 0. The van der Waals surface area contributed by atoms with Gasteiger partial charge < -0.3 is 8.37 Å². The number of fused-ring (bicyclic) bond motifs is 6. The topological polar surface area (TPSA) is 130 Å². The minimum Gasteiger partial charge on any atom is -0.361 e. The molecule has 0 saturated heterocycles. The molecule has 2 aromatic carbocycles. The van der Waals surface area contributed by atoms with Crippen molar-refractivity contribution in [3.63, 3.8) is 0 Å². The third-order valence-electron chi connectivity index (χ3n) is 3.52. The molecule has 0 radical (unpaired) electrons. The van der Waals surface area contributed by atoms with Gasteiger partial charge in [-0.1, -0.05) is 3.63 Å². The molecule has 5 rings (SSSR count). The van der Waals surface area contributed by atoms with E-state index in [1.54, 1.807) is 0 Å². The normalized spacial score (nSPS) is 19.5. The van der Waals surface area contributed by atoms with E-state index in [0.29, 0.717) is 0 Å². The van der Waals surface area contributed by atoms with Crippen molar-refractivity contribution in [3.05, 3.63) is 58.7 Å². The molecule has 0 amide bonds. The van der Waals surface area contributed by atoms with Crippen LogP contribution in [0.2, 0.25) is 0 Å². The Morgan fingerprint density at radius 2 is 1.00 bits per heavy atom. The third kappa shape index (κ3) is 2.58. The van der Waals surface area contributed by atoms with Crippen LogP contribution in [0.3, 0.4) is 0 Å². The highest BCUT2D eigenvalue weighted by Gasteiger charge is 2.34. The van der Waals surface area contributed by atoms with Crippen molar-refractivity contribution >= 4 is 32.4 Å². The highest BCUT2D eigenvalue weighted by atomic mass is 32.3. The number of rotatable bonds is 0. The maximum atomic E-state index is 12.6. The Morgan fingerprint density at radius 3 is 1.40 bits per heavy atom. The SMILES string of the molecule is O=C1c2ccc3cc2C(=O)c2ccc(cc21)OS(=O)(=O)OS(=O)(=O)O3. The summed E-state index contributed by atoms with van der Waals surface area (Å²) < 4.78 is 59.9. The second kappa shape index (κ2) is 4.88. The molecule has 0 atom stereocenters. The van der Waals surface area contributed by atoms with Crippen LogP contribution in [0.15, 0.2) is 36.4 Å². The summed E-state index contributed by atoms with van der Waals surface area (Å²) in [4.78, 5) is 25.1. The van der Waals surface area contributed by atoms with Gasteiger partial charge in [0.2, 0.25) is 0 Å². The van der Waals surface area contributed by atoms with E-state index in [-0.39, 0.29) is 22.3 Å². The first-order valence-electron chi connectivity index (χ1n) is 6.63. The molecule has 3 aliphatic rings. The van der Waals surface area contributed by atoms with E-state index in [4.69, 9.17) is 0 Å². The van der Waals surface area contributed by atoms with Crippen LogP contribution in [0.5, 0.6) is 11.5 Å². The van der Waals surface area contributed by atoms with Gasteiger partial charge in [-0.3, -0.25) is 9.59 Å². The molecule has 11 heteroatoms. The molecule has 0 N–H and O–H groups in total. The summed E-state index contributed by atoms with van der Waals surface area (Å²) in [5.41, 5.74) is -0.0771. The molecule has 0 saturated carbocycles. The Balaban J connectivity index is 2.05. The quantitative estimate of drug-likeness (QED) is 0.552. The van der Waals surface area contributed by atoms with E-state index in [2.05, 4.69) is 12.0 Å². The Bertz CT molecular complexity index is 1080. The minimum atomic E-state index is -5.05. The second-order valence-corrected chi connectivity index (χ2v) is 7.63. The van der Waals surface area contributed by atoms with Crippen LogP contribution in [0.25, 0.3) is 0 Å². The summed E-state index contributed by atoms with van der Waals surface area (Å²) in [6, 6.07) is 6.68. The number of benzene rings is 2. The molecule has 2 heterocycles. The molecule has 0 fully saturated rings. The minimum absolute atomic E-state index is 0.0300. The molecular weight excluding hydrogens is 376 g/mol. The molecular formula is C14H6O9S2. The maximum Gasteiger partial charge on any atom is 0.466 e. The van der Waals surface area contributed by atoms with Crippen LogP contribution in [0.4, 0.5) is 0 Å². The van der Waals surface area contributed by atoms with Crippen molar-refractivity contribution in [1.82, 2.24) is 0 Å². The van der Waals surface area contributed by atoms with Gasteiger partial charge >= 0.3 is 20.8 Å². The van der Waals surface area contributed by atoms with Crippen molar-refractivity contribution in [1.29, 1.82) is 0 Å². The Kier molecular flexibility index (Phi) is 3.07. The average Bonchev–Trinajstić information content (AvgIpc) is 2.50. The fourth-order valence-electron chi connectivity index (χ4n) is 2.58. The predicted octanol–water partition coefficient (Wildman–Crippen LogP) is 0.739. The summed E-state index contributed by atoms with van der Waals surface area (Å²) in [7, 11) is -10.1. The first-order chi connectivity index (χ1) is 11.7. The largest absolute Gasteiger partial charge is 0.466 e. The van der Waals surface area contributed by atoms with Crippen LogP contribution in [0.1, 0.15) is 31.8 Å². The molecule has 0 spiro atoms. The molecule has 2 aromatic rings. The van der Waals surface area contributed by atoms with Gasteiger partial charge in [-0.25, -0.2) is 0 Å². The zero-order valence-corrected chi connectivity index (χ0v) is 13.6. The van der Waals surface area contributed by atoms with Gasteiger partial charge in [0, 0.05) is 22.3 Å². The number of hydrogen-bond acceptors (Lipinski definition) is 9. The number of carbonyl (C=O) groups is 2. The van der Waals surface area contributed by atoms with E-state index in [1.165, 1.54) is 12.1 Å². The lowest BCUT2D eigenvalue weighted by Crippen LogP contribution is -2.22. The molecule has 1 aliphatic carbocycles. The van der Waals surface area contributed by atoms with Gasteiger partial charge in [-0.05, 0) is 36.4 Å². The summed E-state index contributed by atoms with van der Waals surface area (Å²) in [5.74, 6) is -1.87. The molecule has 25 heavy (non-hydrogen) atoms. The first-order valence-corrected chi connectivity index (χ1v) is 9.29. The predicted molar refractivity (Wildman–Crippen MR) is 79.9 cm³/mol. The fourth-order valence-corrected chi connectivity index (χ4v) is 4.30. The zero-order valence-electron chi connectivity index (χ0n) is 12.0. The number of carbonyl (C=O) groups excluding carboxylic acids is 2. The maximum absolute atomic E-state index is 12.6. The van der Waals surface area contributed by atoms with E-state index >= 15 is 0 Å². The zero-order chi connectivity index (χ0) is 18.0. The standard InChI is InChI=1S/C14H6O9S2/c15-13-9-3-1-7-5-11(9)14(16)10-4-2-8(6-12(10)13)22-25(19,20)23-24(17,18)21-7/h1-6H. The summed E-state index contributed by atoms with van der Waals surface area (Å²) >= 11 is 0. The molecule has 128 valence electrons. The lowest BCUT2D eigenvalue weighted by atomic mass is 9.84. The van der Waals surface area contributed by atoms with Gasteiger partial charge in [0.1, 0.15) is 11.5 Å². The monoisotopic (exact) mass is 382 g/mol. The number of ketones is 2. The lowest BCUT2D eigenvalue weighted by molar-refractivity contribution is 0.0979. The summed E-state index contributed by atoms with van der Waals surface area (Å²) in [6.45, 7) is 0. The summed E-state index contributed by atoms with van der Waals surface area (Å²) in [6.07, 6.45) is 0. The van der Waals surface area contributed by atoms with Crippen molar-refractivity contribution in [2.75, 3.05) is 0 Å². The van der Waals surface area contributed by atoms with Crippen LogP contribution in [0, 0.1) is 0 Å². The Labute approximate surface area is 141 Å². The lowest BCUT2D eigenvalue weighted by Gasteiger charge is -2.17. The van der Waals surface area contributed by atoms with E-state index in [0.717, 1.165) is 24.3 Å². The molecule has 2 aliphatic heterocycles. The molecule has 0 unspecified atom stereocenters. The van der Waals surface area contributed by atoms with Crippen LogP contribution < -0.4 is 8.37 Å². The molecule has 0 aromatic heterocycles. The highest BCUT2D eigenvalue weighted by Crippen LogP contribution is 2.33. The third-order valence-corrected chi connectivity index (χ3v) is 5.65. The van der Waals surface area contributed by atoms with Crippen molar-refractivity contribution in [2.24, 2.45) is 0 Å². The first kappa shape index (κ1) is 15.7. The smallest absolute Gasteiger partial charge is 0.361 e. The molecule has 6 bridgehead atoms. The Hall–Kier alpha value is -2.76. The highest BCUT2D eigenvalue weighted by molar-refractivity contribution is 7.95. The van der Waals surface area contributed by atoms with Crippen LogP contribution in [-0.2, 0) is 24.4 Å².